The number of nitrogens with zero attached hydrogens (tertiary/aromatic N) is 3. The summed E-state index contributed by atoms with van der Waals surface area (Å²) < 4.78 is 42.0. The fraction of sp³-hybridized carbons (Fsp3) is 0.375. The summed E-state index contributed by atoms with van der Waals surface area (Å²) in [4.78, 5) is 14.3. The monoisotopic (exact) mass is 458 g/mol. The highest BCUT2D eigenvalue weighted by Gasteiger charge is 2.42. The normalized spacial score (nSPS) is 16.3. The molecule has 6 nitrogen and oxygen atoms in total. The molecule has 2 N–H and O–H groups in total. The van der Waals surface area contributed by atoms with Crippen molar-refractivity contribution in [1.29, 1.82) is 0 Å². The maximum absolute atomic E-state index is 14.1. The molecule has 9 heteroatoms. The van der Waals surface area contributed by atoms with E-state index in [-0.39, 0.29) is 11.5 Å². The van der Waals surface area contributed by atoms with Gasteiger partial charge in [-0.05, 0) is 69.2 Å². The second kappa shape index (κ2) is 7.69. The van der Waals surface area contributed by atoms with E-state index in [1.165, 1.54) is 0 Å². The largest absolute Gasteiger partial charge is 0.390 e. The van der Waals surface area contributed by atoms with Gasteiger partial charge in [-0.25, -0.2) is 4.39 Å². The number of hydrogen-bond donors (Lipinski definition) is 2. The van der Waals surface area contributed by atoms with E-state index in [1.807, 2.05) is 32.9 Å². The molecule has 1 aromatic heterocycles. The van der Waals surface area contributed by atoms with Gasteiger partial charge in [-0.1, -0.05) is 0 Å². The number of anilines is 2. The lowest BCUT2D eigenvalue weighted by Crippen LogP contribution is -2.33. The van der Waals surface area contributed by atoms with Gasteiger partial charge in [0.05, 0.1) is 17.2 Å². The highest BCUT2D eigenvalue weighted by atomic mass is 19.3. The van der Waals surface area contributed by atoms with E-state index in [0.717, 1.165) is 28.8 Å². The van der Waals surface area contributed by atoms with E-state index < -0.39 is 35.4 Å². The van der Waals surface area contributed by atoms with Gasteiger partial charge in [-0.3, -0.25) is 4.79 Å². The number of alkyl halides is 2. The molecular weight excluding hydrogens is 433 g/mol. The van der Waals surface area contributed by atoms with Gasteiger partial charge < -0.3 is 15.3 Å². The molecule has 1 aliphatic heterocycles. The number of carbonyl (C=O) groups is 1. The van der Waals surface area contributed by atoms with Crippen LogP contribution in [0.4, 0.5) is 24.7 Å². The number of aryl methyl sites for hydroxylation is 1. The van der Waals surface area contributed by atoms with Crippen LogP contribution in [0.5, 0.6) is 0 Å². The van der Waals surface area contributed by atoms with Crippen LogP contribution in [-0.2, 0) is 16.1 Å². The Morgan fingerprint density at radius 2 is 1.85 bits per heavy atom. The van der Waals surface area contributed by atoms with Gasteiger partial charge in [-0.2, -0.15) is 13.9 Å². The molecule has 0 unspecified atom stereocenters. The van der Waals surface area contributed by atoms with E-state index in [4.69, 9.17) is 5.11 Å². The summed E-state index contributed by atoms with van der Waals surface area (Å²) >= 11 is 0. The first-order valence-corrected chi connectivity index (χ1v) is 10.5. The van der Waals surface area contributed by atoms with Crippen molar-refractivity contribution >= 4 is 28.2 Å². The molecular formula is C24H25F3N4O2. The molecule has 0 saturated carbocycles. The lowest BCUT2D eigenvalue weighted by molar-refractivity contribution is -0.121. The first-order chi connectivity index (χ1) is 15.4. The van der Waals surface area contributed by atoms with Crippen molar-refractivity contribution in [2.24, 2.45) is 0 Å². The number of rotatable bonds is 5. The number of likely N-dealkylation sites (N-methyl/N-ethyl adjacent to an activating group) is 1. The van der Waals surface area contributed by atoms with Gasteiger partial charge in [0.25, 0.3) is 5.92 Å². The van der Waals surface area contributed by atoms with Gasteiger partial charge in [0.1, 0.15) is 12.4 Å². The summed E-state index contributed by atoms with van der Waals surface area (Å²) in [6, 6.07) is 6.24. The molecule has 3 aromatic rings. The summed E-state index contributed by atoms with van der Waals surface area (Å²) in [6.07, 6.45) is 0. The Hall–Kier alpha value is -3.20. The molecule has 0 radical (unpaired) electrons. The number of amides is 1. The van der Waals surface area contributed by atoms with Crippen LogP contribution in [0.25, 0.3) is 10.8 Å². The van der Waals surface area contributed by atoms with E-state index >= 15 is 0 Å². The maximum Gasteiger partial charge on any atom is 0.295 e. The van der Waals surface area contributed by atoms with E-state index in [1.54, 1.807) is 18.9 Å². The second-order valence-corrected chi connectivity index (χ2v) is 9.04. The van der Waals surface area contributed by atoms with Gasteiger partial charge in [0.2, 0.25) is 5.91 Å². The molecule has 0 saturated heterocycles. The lowest BCUT2D eigenvalue weighted by Gasteiger charge is -2.20. The number of aliphatic hydroxyl groups is 1. The number of hydrogen-bond acceptors (Lipinski definition) is 5. The fourth-order valence-corrected chi connectivity index (χ4v) is 4.30. The van der Waals surface area contributed by atoms with Crippen LogP contribution in [-0.4, -0.2) is 34.9 Å². The zero-order valence-corrected chi connectivity index (χ0v) is 19.0. The molecule has 0 fully saturated rings. The highest BCUT2D eigenvalue weighted by molar-refractivity contribution is 6.10. The third-order valence-corrected chi connectivity index (χ3v) is 6.35. The first-order valence-electron chi connectivity index (χ1n) is 10.5. The number of aromatic nitrogens is 2. The zero-order chi connectivity index (χ0) is 24.3. The summed E-state index contributed by atoms with van der Waals surface area (Å²) in [7, 11) is 1.72. The Labute approximate surface area is 189 Å². The van der Waals surface area contributed by atoms with Crippen LogP contribution in [0.15, 0.2) is 30.3 Å². The Kier molecular flexibility index (Phi) is 5.35. The minimum absolute atomic E-state index is 0.0219. The first kappa shape index (κ1) is 23.0. The van der Waals surface area contributed by atoms with Crippen molar-refractivity contribution in [2.45, 2.75) is 45.1 Å². The van der Waals surface area contributed by atoms with E-state index in [2.05, 4.69) is 15.5 Å². The molecule has 1 atom stereocenters. The highest BCUT2D eigenvalue weighted by Crippen LogP contribution is 2.44. The number of aliphatic hydroxyl groups excluding tert-OH is 1. The smallest absolute Gasteiger partial charge is 0.295 e. The van der Waals surface area contributed by atoms with Crippen molar-refractivity contribution in [1.82, 2.24) is 10.2 Å². The van der Waals surface area contributed by atoms with Crippen molar-refractivity contribution < 1.29 is 23.1 Å². The van der Waals surface area contributed by atoms with Crippen molar-refractivity contribution in [3.05, 3.63) is 58.5 Å². The van der Waals surface area contributed by atoms with Gasteiger partial charge in [-0.15, -0.1) is 5.10 Å². The van der Waals surface area contributed by atoms with E-state index in [0.29, 0.717) is 23.0 Å². The average molecular weight is 458 g/mol. The van der Waals surface area contributed by atoms with Crippen molar-refractivity contribution in [3.63, 3.8) is 0 Å². The van der Waals surface area contributed by atoms with Crippen LogP contribution in [0, 0.1) is 12.7 Å². The molecule has 0 aliphatic carbocycles. The molecule has 2 heterocycles. The number of fused-ring (bicyclic) bond motifs is 2. The molecule has 0 spiro atoms. The van der Waals surface area contributed by atoms with Gasteiger partial charge in [0.15, 0.2) is 5.82 Å². The number of halogens is 3. The molecule has 1 amide bonds. The average Bonchev–Trinajstić information content (AvgIpc) is 2.94. The molecule has 174 valence electrons. The molecule has 4 rings (SSSR count). The third-order valence-electron chi connectivity index (χ3n) is 6.35. The Morgan fingerprint density at radius 1 is 1.15 bits per heavy atom. The fourth-order valence-electron chi connectivity index (χ4n) is 4.30. The molecule has 2 aromatic carbocycles. The topological polar surface area (TPSA) is 78.4 Å². The molecule has 0 bridgehead atoms. The number of benzene rings is 2. The molecule has 33 heavy (non-hydrogen) atoms. The van der Waals surface area contributed by atoms with Crippen LogP contribution >= 0.6 is 0 Å². The Balaban J connectivity index is 1.78. The maximum atomic E-state index is 14.1. The lowest BCUT2D eigenvalue weighted by atomic mass is 9.85. The minimum Gasteiger partial charge on any atom is -0.390 e. The van der Waals surface area contributed by atoms with Crippen LogP contribution < -0.4 is 10.2 Å². The third kappa shape index (κ3) is 3.70. The van der Waals surface area contributed by atoms with Crippen LogP contribution in [0.1, 0.15) is 49.2 Å². The van der Waals surface area contributed by atoms with Crippen LogP contribution in [0.3, 0.4) is 0 Å². The number of nitrogens with one attached hydrogen (secondary N) is 1. The van der Waals surface area contributed by atoms with Crippen LogP contribution in [0.2, 0.25) is 0 Å². The summed E-state index contributed by atoms with van der Waals surface area (Å²) in [5, 5.41) is 22.1. The standard InChI is InChI=1S/C24H25F3N4O2/c1-12(14-6-15(8-16(25)7-14)24(26,27)11-32)28-21-18-10-20-19(9-17(18)13(2)29-30-21)23(3,4)22(33)31(20)5/h6-10,12,32H,11H2,1-5H3,(H,28,30)/t12-/m1/s1. The van der Waals surface area contributed by atoms with Crippen molar-refractivity contribution in [3.8, 4) is 0 Å². The second-order valence-electron chi connectivity index (χ2n) is 9.04. The number of carbonyl (C=O) groups excluding carboxylic acids is 1. The summed E-state index contributed by atoms with van der Waals surface area (Å²) in [5.41, 5.74) is 1.32. The van der Waals surface area contributed by atoms with E-state index in [9.17, 15) is 18.0 Å². The predicted octanol–water partition coefficient (Wildman–Crippen LogP) is 4.59. The Morgan fingerprint density at radius 3 is 2.52 bits per heavy atom. The van der Waals surface area contributed by atoms with Gasteiger partial charge >= 0.3 is 0 Å². The SMILES string of the molecule is Cc1nnc(N[C@H](C)c2cc(F)cc(C(F)(F)CO)c2)c2cc3c(cc12)C(C)(C)C(=O)N3C. The zero-order valence-electron chi connectivity index (χ0n) is 19.0. The minimum atomic E-state index is -3.56. The summed E-state index contributed by atoms with van der Waals surface area (Å²) in [5.74, 6) is -4.02. The Bertz CT molecular complexity index is 1280. The molecule has 1 aliphatic rings. The van der Waals surface area contributed by atoms with Gasteiger partial charge in [0, 0.05) is 29.1 Å². The summed E-state index contributed by atoms with van der Waals surface area (Å²) in [6.45, 7) is 5.84. The van der Waals surface area contributed by atoms with Crippen molar-refractivity contribution in [2.75, 3.05) is 23.9 Å². The predicted molar refractivity (Wildman–Crippen MR) is 120 cm³/mol. The quantitative estimate of drug-likeness (QED) is 0.585.